The molecule has 0 aliphatic rings. The number of pyridine rings is 1. The molecule has 2 aromatic heterocycles. The molecule has 2 rings (SSSR count). The molecule has 0 saturated carbocycles. The molecule has 106 valence electrons. The minimum Gasteiger partial charge on any atom is -0.370 e. The second kappa shape index (κ2) is 6.84. The van der Waals surface area contributed by atoms with Crippen molar-refractivity contribution in [3.63, 3.8) is 0 Å². The molecule has 2 N–H and O–H groups in total. The molecule has 0 aromatic carbocycles. The van der Waals surface area contributed by atoms with Gasteiger partial charge in [-0.15, -0.1) is 0 Å². The Morgan fingerprint density at radius 2 is 2.00 bits per heavy atom. The van der Waals surface area contributed by atoms with Crippen molar-refractivity contribution in [2.75, 3.05) is 17.2 Å². The molecule has 5 heteroatoms. The summed E-state index contributed by atoms with van der Waals surface area (Å²) in [4.78, 5) is 13.4. The maximum atomic E-state index is 4.55. The molecule has 1 atom stereocenters. The fourth-order valence-electron chi connectivity index (χ4n) is 1.75. The van der Waals surface area contributed by atoms with Crippen LogP contribution in [0.15, 0.2) is 30.5 Å². The van der Waals surface area contributed by atoms with E-state index in [1.54, 1.807) is 6.20 Å². The third kappa shape index (κ3) is 3.66. The monoisotopic (exact) mass is 271 g/mol. The SMILES string of the molecule is CCNc1cc(-c2ccccn2)nc(N[C@H](C)CC)n1. The smallest absolute Gasteiger partial charge is 0.225 e. The van der Waals surface area contributed by atoms with Crippen molar-refractivity contribution in [1.29, 1.82) is 0 Å². The Bertz CT molecular complexity index is 541. The van der Waals surface area contributed by atoms with Crippen LogP contribution in [-0.4, -0.2) is 27.5 Å². The Labute approximate surface area is 119 Å². The fraction of sp³-hybridized carbons (Fsp3) is 0.400. The predicted octanol–water partition coefficient (Wildman–Crippen LogP) is 3.18. The zero-order valence-corrected chi connectivity index (χ0v) is 12.2. The van der Waals surface area contributed by atoms with Gasteiger partial charge in [0.2, 0.25) is 5.95 Å². The molecule has 2 aromatic rings. The van der Waals surface area contributed by atoms with Crippen LogP contribution < -0.4 is 10.6 Å². The van der Waals surface area contributed by atoms with E-state index in [1.807, 2.05) is 31.2 Å². The van der Waals surface area contributed by atoms with Crippen molar-refractivity contribution in [3.8, 4) is 11.4 Å². The summed E-state index contributed by atoms with van der Waals surface area (Å²) in [5.41, 5.74) is 1.67. The van der Waals surface area contributed by atoms with Crippen LogP contribution in [0.3, 0.4) is 0 Å². The summed E-state index contributed by atoms with van der Waals surface area (Å²) in [5, 5.41) is 6.54. The topological polar surface area (TPSA) is 62.7 Å². The van der Waals surface area contributed by atoms with Crippen LogP contribution in [0, 0.1) is 0 Å². The maximum absolute atomic E-state index is 4.55. The van der Waals surface area contributed by atoms with Crippen LogP contribution >= 0.6 is 0 Å². The molecule has 20 heavy (non-hydrogen) atoms. The summed E-state index contributed by atoms with van der Waals surface area (Å²) in [5.74, 6) is 1.45. The van der Waals surface area contributed by atoms with E-state index in [1.165, 1.54) is 0 Å². The lowest BCUT2D eigenvalue weighted by Gasteiger charge is -2.13. The number of nitrogens with zero attached hydrogens (tertiary/aromatic N) is 3. The first-order chi connectivity index (χ1) is 9.72. The average molecular weight is 271 g/mol. The molecule has 0 unspecified atom stereocenters. The van der Waals surface area contributed by atoms with Crippen molar-refractivity contribution < 1.29 is 0 Å². The Hall–Kier alpha value is -2.17. The molecule has 0 bridgehead atoms. The van der Waals surface area contributed by atoms with Crippen LogP contribution in [0.5, 0.6) is 0 Å². The van der Waals surface area contributed by atoms with Crippen LogP contribution in [-0.2, 0) is 0 Å². The second-order valence-electron chi connectivity index (χ2n) is 4.66. The Morgan fingerprint density at radius 1 is 1.15 bits per heavy atom. The van der Waals surface area contributed by atoms with E-state index in [-0.39, 0.29) is 0 Å². The zero-order valence-electron chi connectivity index (χ0n) is 12.2. The number of aromatic nitrogens is 3. The number of hydrogen-bond acceptors (Lipinski definition) is 5. The van der Waals surface area contributed by atoms with Gasteiger partial charge in [-0.05, 0) is 32.4 Å². The minimum absolute atomic E-state index is 0.337. The zero-order chi connectivity index (χ0) is 14.4. The quantitative estimate of drug-likeness (QED) is 0.845. The van der Waals surface area contributed by atoms with Gasteiger partial charge in [-0.1, -0.05) is 13.0 Å². The number of hydrogen-bond donors (Lipinski definition) is 2. The van der Waals surface area contributed by atoms with Crippen molar-refractivity contribution >= 4 is 11.8 Å². The van der Waals surface area contributed by atoms with E-state index >= 15 is 0 Å². The second-order valence-corrected chi connectivity index (χ2v) is 4.66. The van der Waals surface area contributed by atoms with Gasteiger partial charge in [-0.25, -0.2) is 4.98 Å². The summed E-state index contributed by atoms with van der Waals surface area (Å²) < 4.78 is 0. The van der Waals surface area contributed by atoms with E-state index in [2.05, 4.69) is 39.4 Å². The van der Waals surface area contributed by atoms with Gasteiger partial charge in [0.05, 0.1) is 11.4 Å². The van der Waals surface area contributed by atoms with Gasteiger partial charge in [0.1, 0.15) is 5.82 Å². The number of nitrogens with one attached hydrogen (secondary N) is 2. The van der Waals surface area contributed by atoms with E-state index in [4.69, 9.17) is 0 Å². The summed E-state index contributed by atoms with van der Waals surface area (Å²) >= 11 is 0. The highest BCUT2D eigenvalue weighted by atomic mass is 15.2. The highest BCUT2D eigenvalue weighted by Gasteiger charge is 2.08. The molecular weight excluding hydrogens is 250 g/mol. The maximum Gasteiger partial charge on any atom is 0.225 e. The van der Waals surface area contributed by atoms with Gasteiger partial charge in [0.15, 0.2) is 0 Å². The van der Waals surface area contributed by atoms with Gasteiger partial charge in [0, 0.05) is 24.8 Å². The molecule has 0 aliphatic carbocycles. The lowest BCUT2D eigenvalue weighted by atomic mass is 10.2. The third-order valence-electron chi connectivity index (χ3n) is 3.00. The lowest BCUT2D eigenvalue weighted by molar-refractivity contribution is 0.753. The van der Waals surface area contributed by atoms with Crippen molar-refractivity contribution in [2.24, 2.45) is 0 Å². The van der Waals surface area contributed by atoms with E-state index in [0.29, 0.717) is 12.0 Å². The molecule has 0 aliphatic heterocycles. The molecule has 0 amide bonds. The first-order valence-corrected chi connectivity index (χ1v) is 7.03. The Balaban J connectivity index is 2.35. The van der Waals surface area contributed by atoms with Crippen LogP contribution in [0.4, 0.5) is 11.8 Å². The van der Waals surface area contributed by atoms with Crippen molar-refractivity contribution in [1.82, 2.24) is 15.0 Å². The average Bonchev–Trinajstić information content (AvgIpc) is 2.48. The predicted molar refractivity (Wildman–Crippen MR) is 82.8 cm³/mol. The highest BCUT2D eigenvalue weighted by Crippen LogP contribution is 2.19. The van der Waals surface area contributed by atoms with E-state index in [0.717, 1.165) is 30.2 Å². The summed E-state index contributed by atoms with van der Waals surface area (Å²) in [6.07, 6.45) is 2.79. The summed E-state index contributed by atoms with van der Waals surface area (Å²) in [6.45, 7) is 7.11. The minimum atomic E-state index is 0.337. The summed E-state index contributed by atoms with van der Waals surface area (Å²) in [6, 6.07) is 8.06. The van der Waals surface area contributed by atoms with Crippen LogP contribution in [0.1, 0.15) is 27.2 Å². The number of anilines is 2. The highest BCUT2D eigenvalue weighted by molar-refractivity contribution is 5.60. The van der Waals surface area contributed by atoms with Crippen LogP contribution in [0.25, 0.3) is 11.4 Å². The molecule has 2 heterocycles. The largest absolute Gasteiger partial charge is 0.370 e. The van der Waals surface area contributed by atoms with Gasteiger partial charge >= 0.3 is 0 Å². The molecule has 0 fully saturated rings. The first-order valence-electron chi connectivity index (χ1n) is 7.03. The first kappa shape index (κ1) is 14.2. The van der Waals surface area contributed by atoms with Gasteiger partial charge in [-0.3, -0.25) is 4.98 Å². The lowest BCUT2D eigenvalue weighted by Crippen LogP contribution is -2.16. The van der Waals surface area contributed by atoms with Gasteiger partial charge in [0.25, 0.3) is 0 Å². The molecule has 0 radical (unpaired) electrons. The Morgan fingerprint density at radius 3 is 2.65 bits per heavy atom. The van der Waals surface area contributed by atoms with Crippen molar-refractivity contribution in [3.05, 3.63) is 30.5 Å². The van der Waals surface area contributed by atoms with Crippen molar-refractivity contribution in [2.45, 2.75) is 33.2 Å². The molecule has 0 saturated heterocycles. The number of rotatable bonds is 6. The molecule has 0 spiro atoms. The van der Waals surface area contributed by atoms with E-state index in [9.17, 15) is 0 Å². The normalized spacial score (nSPS) is 11.9. The molecule has 5 nitrogen and oxygen atoms in total. The van der Waals surface area contributed by atoms with Gasteiger partial charge in [-0.2, -0.15) is 4.98 Å². The standard InChI is InChI=1S/C15H21N5/c1-4-11(3)18-15-19-13(10-14(20-15)16-5-2)12-8-6-7-9-17-12/h6-11H,4-5H2,1-3H3,(H2,16,18,19,20)/t11-/m1/s1. The third-order valence-corrected chi connectivity index (χ3v) is 3.00. The van der Waals surface area contributed by atoms with Crippen LogP contribution in [0.2, 0.25) is 0 Å². The molecular formula is C15H21N5. The van der Waals surface area contributed by atoms with Gasteiger partial charge < -0.3 is 10.6 Å². The Kier molecular flexibility index (Phi) is 4.87. The fourth-order valence-corrected chi connectivity index (χ4v) is 1.75. The summed E-state index contributed by atoms with van der Waals surface area (Å²) in [7, 11) is 0. The van der Waals surface area contributed by atoms with E-state index < -0.39 is 0 Å².